The molecule has 1 aliphatic rings. The van der Waals surface area contributed by atoms with Gasteiger partial charge < -0.3 is 15.0 Å². The van der Waals surface area contributed by atoms with Crippen molar-refractivity contribution in [1.82, 2.24) is 15.1 Å². The van der Waals surface area contributed by atoms with Crippen LogP contribution in [0.5, 0.6) is 0 Å². The highest BCUT2D eigenvalue weighted by molar-refractivity contribution is 5.95. The topological polar surface area (TPSA) is 61.9 Å². The van der Waals surface area contributed by atoms with E-state index in [1.807, 2.05) is 97.9 Å². The smallest absolute Gasteiger partial charge is 0.410 e. The van der Waals surface area contributed by atoms with Crippen LogP contribution in [0, 0.1) is 0 Å². The Labute approximate surface area is 194 Å². The van der Waals surface area contributed by atoms with E-state index < -0.39 is 0 Å². The lowest BCUT2D eigenvalue weighted by Crippen LogP contribution is -2.31. The summed E-state index contributed by atoms with van der Waals surface area (Å²) in [5.74, 6) is -0.0733. The van der Waals surface area contributed by atoms with Crippen molar-refractivity contribution in [3.63, 3.8) is 0 Å². The number of carbonyl (C=O) groups excluding carboxylic acids is 2. The lowest BCUT2D eigenvalue weighted by atomic mass is 10.0. The molecule has 1 heterocycles. The summed E-state index contributed by atoms with van der Waals surface area (Å²) in [5.41, 5.74) is 4.68. The molecule has 1 fully saturated rings. The first kappa shape index (κ1) is 22.6. The number of nitrogens with one attached hydrogen (secondary N) is 1. The summed E-state index contributed by atoms with van der Waals surface area (Å²) in [6.07, 6.45) is -0.523. The standard InChI is InChI=1S/C27H29N3O3/c1-29(2)16-15-28-26(31)24-10-6-9-23(17-24)21-13-11-20(12-14-21)18-30-19-25(33-27(30)32)22-7-4-3-5-8-22/h3-14,17,25H,15-16,18-19H2,1-2H3,(H,28,31). The zero-order valence-electron chi connectivity index (χ0n) is 19.0. The van der Waals surface area contributed by atoms with E-state index in [0.29, 0.717) is 25.2 Å². The lowest BCUT2D eigenvalue weighted by molar-refractivity contribution is 0.0951. The summed E-state index contributed by atoms with van der Waals surface area (Å²) >= 11 is 0. The monoisotopic (exact) mass is 443 g/mol. The molecule has 33 heavy (non-hydrogen) atoms. The number of hydrogen-bond acceptors (Lipinski definition) is 4. The highest BCUT2D eigenvalue weighted by Crippen LogP contribution is 2.28. The van der Waals surface area contributed by atoms with Crippen molar-refractivity contribution in [2.24, 2.45) is 0 Å². The second-order valence-electron chi connectivity index (χ2n) is 8.50. The van der Waals surface area contributed by atoms with Gasteiger partial charge in [0.15, 0.2) is 0 Å². The van der Waals surface area contributed by atoms with Crippen LogP contribution in [0.4, 0.5) is 4.79 Å². The summed E-state index contributed by atoms with van der Waals surface area (Å²) in [7, 11) is 3.95. The maximum atomic E-state index is 12.4. The van der Waals surface area contributed by atoms with Crippen LogP contribution in [0.1, 0.15) is 27.6 Å². The molecule has 0 radical (unpaired) electrons. The largest absolute Gasteiger partial charge is 0.439 e. The van der Waals surface area contributed by atoms with E-state index >= 15 is 0 Å². The molecule has 0 aromatic heterocycles. The van der Waals surface area contributed by atoms with Gasteiger partial charge in [-0.05, 0) is 48.5 Å². The third-order valence-electron chi connectivity index (χ3n) is 5.69. The van der Waals surface area contributed by atoms with Gasteiger partial charge in [-0.3, -0.25) is 9.69 Å². The van der Waals surface area contributed by atoms with Gasteiger partial charge >= 0.3 is 6.09 Å². The lowest BCUT2D eigenvalue weighted by Gasteiger charge is -2.14. The Morgan fingerprint density at radius 1 is 1.00 bits per heavy atom. The Bertz CT molecular complexity index is 1100. The molecule has 6 nitrogen and oxygen atoms in total. The first-order valence-electron chi connectivity index (χ1n) is 11.1. The molecule has 2 amide bonds. The number of nitrogens with zero attached hydrogens (tertiary/aromatic N) is 2. The van der Waals surface area contributed by atoms with Gasteiger partial charge in [0.2, 0.25) is 0 Å². The van der Waals surface area contributed by atoms with Crippen LogP contribution >= 0.6 is 0 Å². The predicted molar refractivity (Wildman–Crippen MR) is 129 cm³/mol. The fourth-order valence-corrected chi connectivity index (χ4v) is 3.84. The average Bonchev–Trinajstić information content (AvgIpc) is 3.20. The molecule has 0 saturated carbocycles. The molecule has 3 aromatic carbocycles. The minimum atomic E-state index is -0.291. The van der Waals surface area contributed by atoms with Crippen LogP contribution in [-0.2, 0) is 11.3 Å². The summed E-state index contributed by atoms with van der Waals surface area (Å²) in [6.45, 7) is 2.44. The first-order chi connectivity index (χ1) is 16.0. The van der Waals surface area contributed by atoms with Gasteiger partial charge in [-0.2, -0.15) is 0 Å². The molecule has 0 bridgehead atoms. The van der Waals surface area contributed by atoms with E-state index in [9.17, 15) is 9.59 Å². The summed E-state index contributed by atoms with van der Waals surface area (Å²) in [5, 5.41) is 2.95. The quantitative estimate of drug-likeness (QED) is 0.563. The third-order valence-corrected chi connectivity index (χ3v) is 5.69. The number of cyclic esters (lactones) is 1. The molecule has 6 heteroatoms. The first-order valence-corrected chi connectivity index (χ1v) is 11.1. The second kappa shape index (κ2) is 10.3. The van der Waals surface area contributed by atoms with Crippen molar-refractivity contribution in [2.75, 3.05) is 33.7 Å². The van der Waals surface area contributed by atoms with Gasteiger partial charge in [0.1, 0.15) is 6.10 Å². The molecular formula is C27H29N3O3. The molecule has 1 atom stereocenters. The molecule has 3 aromatic rings. The zero-order valence-corrected chi connectivity index (χ0v) is 19.0. The zero-order chi connectivity index (χ0) is 23.2. The van der Waals surface area contributed by atoms with Crippen molar-refractivity contribution in [2.45, 2.75) is 12.6 Å². The molecular weight excluding hydrogens is 414 g/mol. The van der Waals surface area contributed by atoms with Crippen molar-refractivity contribution in [3.8, 4) is 11.1 Å². The van der Waals surface area contributed by atoms with Crippen molar-refractivity contribution in [3.05, 3.63) is 95.6 Å². The fraction of sp³-hybridized carbons (Fsp3) is 0.259. The molecule has 0 spiro atoms. The SMILES string of the molecule is CN(C)CCNC(=O)c1cccc(-c2ccc(CN3CC(c4ccccc4)OC3=O)cc2)c1. The van der Waals surface area contributed by atoms with E-state index in [2.05, 4.69) is 5.32 Å². The van der Waals surface area contributed by atoms with Crippen LogP contribution in [-0.4, -0.2) is 55.5 Å². The molecule has 1 N–H and O–H groups in total. The Morgan fingerprint density at radius 3 is 2.48 bits per heavy atom. The summed E-state index contributed by atoms with van der Waals surface area (Å²) < 4.78 is 5.55. The average molecular weight is 444 g/mol. The van der Waals surface area contributed by atoms with E-state index in [4.69, 9.17) is 4.74 Å². The molecule has 4 rings (SSSR count). The van der Waals surface area contributed by atoms with Crippen LogP contribution in [0.2, 0.25) is 0 Å². The highest BCUT2D eigenvalue weighted by atomic mass is 16.6. The number of carbonyl (C=O) groups is 2. The molecule has 1 saturated heterocycles. The van der Waals surface area contributed by atoms with Gasteiger partial charge in [0, 0.05) is 25.2 Å². The van der Waals surface area contributed by atoms with Gasteiger partial charge in [0.25, 0.3) is 5.91 Å². The van der Waals surface area contributed by atoms with Crippen LogP contribution in [0.3, 0.4) is 0 Å². The van der Waals surface area contributed by atoms with Crippen LogP contribution in [0.25, 0.3) is 11.1 Å². The van der Waals surface area contributed by atoms with Crippen molar-refractivity contribution < 1.29 is 14.3 Å². The summed E-state index contributed by atoms with van der Waals surface area (Å²) in [4.78, 5) is 28.5. The number of rotatable bonds is 8. The fourth-order valence-electron chi connectivity index (χ4n) is 3.84. The highest BCUT2D eigenvalue weighted by Gasteiger charge is 2.32. The van der Waals surface area contributed by atoms with Crippen molar-refractivity contribution in [1.29, 1.82) is 0 Å². The third kappa shape index (κ3) is 5.79. The molecule has 170 valence electrons. The molecule has 0 aliphatic carbocycles. The number of benzene rings is 3. The second-order valence-corrected chi connectivity index (χ2v) is 8.50. The predicted octanol–water partition coefficient (Wildman–Crippen LogP) is 4.34. The number of amides is 2. The van der Waals surface area contributed by atoms with Gasteiger partial charge in [0.05, 0.1) is 6.54 Å². The number of likely N-dealkylation sites (N-methyl/N-ethyl adjacent to an activating group) is 1. The van der Waals surface area contributed by atoms with Crippen LogP contribution in [0.15, 0.2) is 78.9 Å². The van der Waals surface area contributed by atoms with E-state index in [-0.39, 0.29) is 18.1 Å². The minimum Gasteiger partial charge on any atom is -0.439 e. The maximum Gasteiger partial charge on any atom is 0.410 e. The Morgan fingerprint density at radius 2 is 1.76 bits per heavy atom. The Hall–Kier alpha value is -3.64. The van der Waals surface area contributed by atoms with Crippen molar-refractivity contribution >= 4 is 12.0 Å². The van der Waals surface area contributed by atoms with Crippen LogP contribution < -0.4 is 5.32 Å². The van der Waals surface area contributed by atoms with Gasteiger partial charge in [-0.15, -0.1) is 0 Å². The number of ether oxygens (including phenoxy) is 1. The van der Waals surface area contributed by atoms with Gasteiger partial charge in [-0.1, -0.05) is 66.7 Å². The minimum absolute atomic E-state index is 0.0733. The van der Waals surface area contributed by atoms with E-state index in [1.165, 1.54) is 0 Å². The Balaban J connectivity index is 1.38. The normalized spacial score (nSPS) is 15.5. The maximum absolute atomic E-state index is 12.4. The molecule has 1 aliphatic heterocycles. The van der Waals surface area contributed by atoms with E-state index in [1.54, 1.807) is 4.90 Å². The molecule has 1 unspecified atom stereocenters. The summed E-state index contributed by atoms with van der Waals surface area (Å²) in [6, 6.07) is 25.5. The van der Waals surface area contributed by atoms with Gasteiger partial charge in [-0.25, -0.2) is 4.79 Å². The Kier molecular flexibility index (Phi) is 7.05. The van der Waals surface area contributed by atoms with E-state index in [0.717, 1.165) is 28.8 Å². The number of hydrogen-bond donors (Lipinski definition) is 1.